The molecular weight excluding hydrogens is 242 g/mol. The highest BCUT2D eigenvalue weighted by Gasteiger charge is 2.42. The van der Waals surface area contributed by atoms with E-state index < -0.39 is 16.0 Å². The summed E-state index contributed by atoms with van der Waals surface area (Å²) in [5, 5.41) is 12.6. The molecule has 1 heterocycles. The maximum Gasteiger partial charge on any atom is 0.453 e. The van der Waals surface area contributed by atoms with Gasteiger partial charge in [-0.3, -0.25) is 10.1 Å². The average Bonchev–Trinajstić information content (AvgIpc) is 2.18. The Morgan fingerprint density at radius 1 is 1.50 bits per heavy atom. The predicted molar refractivity (Wildman–Crippen MR) is 54.9 cm³/mol. The number of nitro groups is 1. The minimum atomic E-state index is -3.58. The molecule has 84 valence electrons. The standard InChI is InChI=1S/C8H4F2N2O3S/c9-8(10)7(16)11-5-3-4(12(13)14)1-2-6(5)15-8/h1-3H,(H,11,16). The van der Waals surface area contributed by atoms with Crippen molar-refractivity contribution in [1.82, 2.24) is 0 Å². The van der Waals surface area contributed by atoms with Gasteiger partial charge in [-0.2, -0.15) is 8.78 Å². The fourth-order valence-corrected chi connectivity index (χ4v) is 1.35. The number of alkyl halides is 2. The zero-order valence-corrected chi connectivity index (χ0v) is 8.38. The summed E-state index contributed by atoms with van der Waals surface area (Å²) < 4.78 is 30.3. The summed E-state index contributed by atoms with van der Waals surface area (Å²) in [6, 6.07) is 3.25. The van der Waals surface area contributed by atoms with Gasteiger partial charge in [-0.25, -0.2) is 0 Å². The quantitative estimate of drug-likeness (QED) is 0.468. The van der Waals surface area contributed by atoms with Crippen LogP contribution in [0.2, 0.25) is 0 Å². The number of nitro benzene ring substituents is 1. The Labute approximate surface area is 93.2 Å². The van der Waals surface area contributed by atoms with E-state index in [9.17, 15) is 18.9 Å². The van der Waals surface area contributed by atoms with Crippen molar-refractivity contribution < 1.29 is 18.4 Å². The fraction of sp³-hybridized carbons (Fsp3) is 0.125. The van der Waals surface area contributed by atoms with Crippen LogP contribution < -0.4 is 10.1 Å². The van der Waals surface area contributed by atoms with Gasteiger partial charge in [0.1, 0.15) is 0 Å². The van der Waals surface area contributed by atoms with Crippen LogP contribution in [0.25, 0.3) is 0 Å². The summed E-state index contributed by atoms with van der Waals surface area (Å²) in [6.07, 6.45) is -3.58. The highest BCUT2D eigenvalue weighted by atomic mass is 32.1. The summed E-state index contributed by atoms with van der Waals surface area (Å²) in [5.41, 5.74) is -0.173. The second-order valence-corrected chi connectivity index (χ2v) is 3.42. The number of non-ortho nitro benzene ring substituents is 1. The van der Waals surface area contributed by atoms with E-state index in [1.54, 1.807) is 0 Å². The van der Waals surface area contributed by atoms with Crippen molar-refractivity contribution in [1.29, 1.82) is 0 Å². The van der Waals surface area contributed by atoms with Crippen molar-refractivity contribution in [3.05, 3.63) is 28.3 Å². The van der Waals surface area contributed by atoms with E-state index >= 15 is 0 Å². The molecule has 0 aromatic heterocycles. The lowest BCUT2D eigenvalue weighted by atomic mass is 10.2. The van der Waals surface area contributed by atoms with Crippen LogP contribution in [0, 0.1) is 10.1 Å². The van der Waals surface area contributed by atoms with Crippen LogP contribution in [0.4, 0.5) is 20.2 Å². The SMILES string of the molecule is O=[N+]([O-])c1ccc2c(c1)NC(=S)C(F)(F)O2. The number of benzene rings is 1. The van der Waals surface area contributed by atoms with E-state index in [4.69, 9.17) is 0 Å². The first-order valence-corrected chi connectivity index (χ1v) is 4.48. The maximum atomic E-state index is 13.0. The molecule has 0 radical (unpaired) electrons. The second-order valence-electron chi connectivity index (χ2n) is 3.01. The summed E-state index contributed by atoms with van der Waals surface area (Å²) in [4.78, 5) is 8.99. The molecule has 5 nitrogen and oxygen atoms in total. The number of thiocarbonyl (C=S) groups is 1. The molecule has 1 aromatic rings. The number of nitrogens with one attached hydrogen (secondary N) is 1. The summed E-state index contributed by atoms with van der Waals surface area (Å²) in [6.45, 7) is 0. The first kappa shape index (κ1) is 10.7. The lowest BCUT2D eigenvalue weighted by Crippen LogP contribution is -2.42. The monoisotopic (exact) mass is 246 g/mol. The van der Waals surface area contributed by atoms with Gasteiger partial charge >= 0.3 is 6.11 Å². The van der Waals surface area contributed by atoms with Gasteiger partial charge in [0, 0.05) is 12.1 Å². The van der Waals surface area contributed by atoms with Crippen LogP contribution in [0.15, 0.2) is 18.2 Å². The van der Waals surface area contributed by atoms with Crippen LogP contribution in [0.5, 0.6) is 5.75 Å². The lowest BCUT2D eigenvalue weighted by Gasteiger charge is -2.26. The van der Waals surface area contributed by atoms with Crippen molar-refractivity contribution in [2.24, 2.45) is 0 Å². The van der Waals surface area contributed by atoms with Crippen molar-refractivity contribution >= 4 is 28.6 Å². The topological polar surface area (TPSA) is 64.4 Å². The molecule has 1 aliphatic heterocycles. The van der Waals surface area contributed by atoms with E-state index in [1.807, 2.05) is 0 Å². The molecule has 16 heavy (non-hydrogen) atoms. The number of hydrogen-bond donors (Lipinski definition) is 1. The minimum absolute atomic E-state index is 0.0603. The normalized spacial score (nSPS) is 17.0. The number of halogens is 2. The second kappa shape index (κ2) is 3.34. The minimum Gasteiger partial charge on any atom is -0.425 e. The fourth-order valence-electron chi connectivity index (χ4n) is 1.20. The molecule has 2 rings (SSSR count). The molecule has 1 N–H and O–H groups in total. The van der Waals surface area contributed by atoms with Gasteiger partial charge < -0.3 is 10.1 Å². The molecule has 0 aliphatic carbocycles. The van der Waals surface area contributed by atoms with Gasteiger partial charge in [-0.05, 0) is 6.07 Å². The van der Waals surface area contributed by atoms with E-state index in [0.29, 0.717) is 0 Å². The highest BCUT2D eigenvalue weighted by molar-refractivity contribution is 7.80. The first-order valence-electron chi connectivity index (χ1n) is 4.07. The van der Waals surface area contributed by atoms with E-state index in [0.717, 1.165) is 18.2 Å². The molecule has 0 amide bonds. The molecule has 0 bridgehead atoms. The largest absolute Gasteiger partial charge is 0.453 e. The Bertz CT molecular complexity index is 492. The summed E-state index contributed by atoms with van der Waals surface area (Å²) >= 11 is 4.37. The van der Waals surface area contributed by atoms with E-state index in [-0.39, 0.29) is 17.1 Å². The Hall–Kier alpha value is -1.83. The Morgan fingerprint density at radius 3 is 2.81 bits per heavy atom. The lowest BCUT2D eigenvalue weighted by molar-refractivity contribution is -0.384. The van der Waals surface area contributed by atoms with Gasteiger partial charge in [-0.15, -0.1) is 0 Å². The van der Waals surface area contributed by atoms with Gasteiger partial charge in [0.2, 0.25) is 0 Å². The van der Waals surface area contributed by atoms with E-state index in [2.05, 4.69) is 22.3 Å². The zero-order valence-electron chi connectivity index (χ0n) is 7.57. The molecule has 0 unspecified atom stereocenters. The Kier molecular flexibility index (Phi) is 2.23. The molecule has 0 spiro atoms. The summed E-state index contributed by atoms with van der Waals surface area (Å²) in [7, 11) is 0. The first-order chi connectivity index (χ1) is 7.40. The van der Waals surface area contributed by atoms with Gasteiger partial charge in [0.15, 0.2) is 10.7 Å². The smallest absolute Gasteiger partial charge is 0.425 e. The Morgan fingerprint density at radius 2 is 2.19 bits per heavy atom. The van der Waals surface area contributed by atoms with Crippen molar-refractivity contribution in [3.63, 3.8) is 0 Å². The molecule has 0 fully saturated rings. The third-order valence-corrected chi connectivity index (χ3v) is 2.26. The predicted octanol–water partition coefficient (Wildman–Crippen LogP) is 2.32. The summed E-state index contributed by atoms with van der Waals surface area (Å²) in [5.74, 6) is -0.177. The zero-order chi connectivity index (χ0) is 11.9. The molecule has 8 heteroatoms. The Balaban J connectivity index is 2.44. The number of hydrogen-bond acceptors (Lipinski definition) is 4. The molecule has 0 saturated carbocycles. The van der Waals surface area contributed by atoms with Gasteiger partial charge in [-0.1, -0.05) is 12.2 Å². The number of rotatable bonds is 1. The average molecular weight is 246 g/mol. The third kappa shape index (κ3) is 1.67. The molecule has 1 aliphatic rings. The van der Waals surface area contributed by atoms with Gasteiger partial charge in [0.25, 0.3) is 5.69 Å². The molecule has 0 atom stereocenters. The molecule has 0 saturated heterocycles. The maximum absolute atomic E-state index is 13.0. The van der Waals surface area contributed by atoms with Crippen LogP contribution in [-0.4, -0.2) is 16.0 Å². The van der Waals surface area contributed by atoms with Crippen LogP contribution in [-0.2, 0) is 0 Å². The van der Waals surface area contributed by atoms with Crippen LogP contribution in [0.1, 0.15) is 0 Å². The van der Waals surface area contributed by atoms with Crippen LogP contribution in [0.3, 0.4) is 0 Å². The number of nitrogens with zero attached hydrogens (tertiary/aromatic N) is 1. The third-order valence-electron chi connectivity index (χ3n) is 1.92. The molecule has 1 aromatic carbocycles. The van der Waals surface area contributed by atoms with Crippen LogP contribution >= 0.6 is 12.2 Å². The van der Waals surface area contributed by atoms with Crippen molar-refractivity contribution in [3.8, 4) is 5.75 Å². The van der Waals surface area contributed by atoms with Crippen molar-refractivity contribution in [2.45, 2.75) is 6.11 Å². The van der Waals surface area contributed by atoms with Gasteiger partial charge in [0.05, 0.1) is 10.6 Å². The number of ether oxygens (including phenoxy) is 1. The molecular formula is C8H4F2N2O3S. The number of anilines is 1. The van der Waals surface area contributed by atoms with E-state index in [1.165, 1.54) is 0 Å². The highest BCUT2D eigenvalue weighted by Crippen LogP contribution is 2.37. The number of fused-ring (bicyclic) bond motifs is 1. The van der Waals surface area contributed by atoms with Crippen molar-refractivity contribution in [2.75, 3.05) is 5.32 Å².